The van der Waals surface area contributed by atoms with Crippen molar-refractivity contribution in [1.82, 2.24) is 9.78 Å². The molecule has 2 aromatic carbocycles. The van der Waals surface area contributed by atoms with E-state index >= 15 is 0 Å². The van der Waals surface area contributed by atoms with Crippen LogP contribution in [-0.2, 0) is 4.79 Å². The maximum absolute atomic E-state index is 12.7. The van der Waals surface area contributed by atoms with Crippen LogP contribution < -0.4 is 14.8 Å². The second-order valence-electron chi connectivity index (χ2n) is 6.38. The molecule has 9 heteroatoms. The van der Waals surface area contributed by atoms with Gasteiger partial charge in [-0.3, -0.25) is 4.79 Å². The third kappa shape index (κ3) is 4.82. The normalized spacial score (nSPS) is 11.0. The highest BCUT2D eigenvalue weighted by Gasteiger charge is 2.17. The van der Waals surface area contributed by atoms with Crippen molar-refractivity contribution in [1.29, 1.82) is 5.26 Å². The molecule has 0 aliphatic rings. The van der Waals surface area contributed by atoms with Crippen molar-refractivity contribution in [2.75, 3.05) is 19.5 Å². The van der Waals surface area contributed by atoms with Gasteiger partial charge < -0.3 is 14.8 Å². The summed E-state index contributed by atoms with van der Waals surface area (Å²) in [6.45, 7) is 1.74. The number of nitriles is 1. The second-order valence-corrected chi connectivity index (χ2v) is 7.17. The molecule has 1 N–H and O–H groups in total. The van der Waals surface area contributed by atoms with Crippen LogP contribution in [0, 0.1) is 18.3 Å². The number of rotatable bonds is 6. The van der Waals surface area contributed by atoms with Crippen LogP contribution in [0.15, 0.2) is 48.0 Å². The summed E-state index contributed by atoms with van der Waals surface area (Å²) in [6, 6.07) is 13.8. The Bertz CT molecular complexity index is 1210. The molecule has 3 rings (SSSR count). The van der Waals surface area contributed by atoms with E-state index in [1.54, 1.807) is 49.4 Å². The quantitative estimate of drug-likeness (QED) is 0.413. The molecule has 0 aliphatic carbocycles. The number of anilines is 1. The van der Waals surface area contributed by atoms with Crippen LogP contribution in [0.5, 0.6) is 11.5 Å². The molecule has 31 heavy (non-hydrogen) atoms. The first-order valence-electron chi connectivity index (χ1n) is 9.04. The average Bonchev–Trinajstić information content (AvgIpc) is 3.05. The summed E-state index contributed by atoms with van der Waals surface area (Å²) in [5.41, 5.74) is 1.98. The Morgan fingerprint density at radius 3 is 2.55 bits per heavy atom. The zero-order chi connectivity index (χ0) is 22.5. The van der Waals surface area contributed by atoms with E-state index in [-0.39, 0.29) is 10.7 Å². The Balaban J connectivity index is 1.92. The summed E-state index contributed by atoms with van der Waals surface area (Å²) in [5.74, 6) is 0.373. The van der Waals surface area contributed by atoms with Gasteiger partial charge in [-0.1, -0.05) is 29.3 Å². The minimum atomic E-state index is -0.597. The first-order valence-corrected chi connectivity index (χ1v) is 9.79. The highest BCUT2D eigenvalue weighted by molar-refractivity contribution is 6.32. The molecule has 0 saturated carbocycles. The molecule has 0 unspecified atom stereocenters. The molecule has 0 saturated heterocycles. The molecule has 1 aromatic heterocycles. The van der Waals surface area contributed by atoms with Gasteiger partial charge >= 0.3 is 0 Å². The number of aryl methyl sites for hydroxylation is 1. The fraction of sp³-hybridized carbons (Fsp3) is 0.136. The lowest BCUT2D eigenvalue weighted by atomic mass is 10.1. The predicted octanol–water partition coefficient (Wildman–Crippen LogP) is 5.05. The van der Waals surface area contributed by atoms with Crippen molar-refractivity contribution in [3.8, 4) is 23.3 Å². The first-order chi connectivity index (χ1) is 14.9. The minimum absolute atomic E-state index is 0.134. The van der Waals surface area contributed by atoms with E-state index in [4.69, 9.17) is 32.7 Å². The Morgan fingerprint density at radius 1 is 1.16 bits per heavy atom. The predicted molar refractivity (Wildman–Crippen MR) is 120 cm³/mol. The van der Waals surface area contributed by atoms with Gasteiger partial charge in [-0.15, -0.1) is 0 Å². The van der Waals surface area contributed by atoms with Crippen LogP contribution in [0.4, 0.5) is 5.69 Å². The van der Waals surface area contributed by atoms with Crippen molar-refractivity contribution < 1.29 is 14.3 Å². The lowest BCUT2D eigenvalue weighted by Crippen LogP contribution is -2.13. The standard InChI is InChI=1S/C22H18Cl2N4O3/c1-13-18(21(24)28(27-13)17-6-4-5-15(23)10-17)9-14(12-25)22(29)26-16-7-8-19(30-2)20(11-16)31-3/h4-11H,1-3H3,(H,26,29)/b14-9+. The van der Waals surface area contributed by atoms with Gasteiger partial charge in [0.1, 0.15) is 16.8 Å². The maximum atomic E-state index is 12.7. The Hall–Kier alpha value is -3.47. The Labute approximate surface area is 189 Å². The maximum Gasteiger partial charge on any atom is 0.266 e. The van der Waals surface area contributed by atoms with E-state index in [9.17, 15) is 10.1 Å². The Morgan fingerprint density at radius 2 is 1.90 bits per heavy atom. The molecule has 158 valence electrons. The number of nitrogens with zero attached hydrogens (tertiary/aromatic N) is 3. The van der Waals surface area contributed by atoms with Gasteiger partial charge in [0.05, 0.1) is 25.6 Å². The number of carbonyl (C=O) groups excluding carboxylic acids is 1. The van der Waals surface area contributed by atoms with E-state index in [2.05, 4.69) is 10.4 Å². The monoisotopic (exact) mass is 456 g/mol. The van der Waals surface area contributed by atoms with Crippen molar-refractivity contribution in [3.63, 3.8) is 0 Å². The molecule has 0 radical (unpaired) electrons. The Kier molecular flexibility index (Phi) is 6.85. The zero-order valence-electron chi connectivity index (χ0n) is 16.9. The SMILES string of the molecule is COc1ccc(NC(=O)/C(C#N)=C/c2c(C)nn(-c3cccc(Cl)c3)c2Cl)cc1OC. The molecule has 1 heterocycles. The topological polar surface area (TPSA) is 89.2 Å². The molecular formula is C22H18Cl2N4O3. The molecule has 0 atom stereocenters. The van der Waals surface area contributed by atoms with Gasteiger partial charge in [-0.05, 0) is 43.3 Å². The number of hydrogen-bond donors (Lipinski definition) is 1. The highest BCUT2D eigenvalue weighted by Crippen LogP contribution is 2.30. The number of amides is 1. The molecule has 0 bridgehead atoms. The molecular weight excluding hydrogens is 439 g/mol. The van der Waals surface area contributed by atoms with Crippen molar-refractivity contribution in [2.45, 2.75) is 6.92 Å². The van der Waals surface area contributed by atoms with Gasteiger partial charge in [0.25, 0.3) is 5.91 Å². The highest BCUT2D eigenvalue weighted by atomic mass is 35.5. The number of ether oxygens (including phenoxy) is 2. The summed E-state index contributed by atoms with van der Waals surface area (Å²) in [5, 5.41) is 17.4. The van der Waals surface area contributed by atoms with Crippen molar-refractivity contribution >= 4 is 40.9 Å². The molecule has 0 spiro atoms. The van der Waals surface area contributed by atoms with Gasteiger partial charge in [0.15, 0.2) is 11.5 Å². The van der Waals surface area contributed by atoms with E-state index in [0.29, 0.717) is 39.2 Å². The van der Waals surface area contributed by atoms with Crippen LogP contribution in [-0.4, -0.2) is 29.9 Å². The fourth-order valence-electron chi connectivity index (χ4n) is 2.86. The number of nitrogens with one attached hydrogen (secondary N) is 1. The number of halogens is 2. The lowest BCUT2D eigenvalue weighted by molar-refractivity contribution is -0.112. The lowest BCUT2D eigenvalue weighted by Gasteiger charge is -2.10. The minimum Gasteiger partial charge on any atom is -0.493 e. The number of benzene rings is 2. The third-order valence-corrected chi connectivity index (χ3v) is 4.99. The van der Waals surface area contributed by atoms with E-state index in [1.165, 1.54) is 25.0 Å². The number of methoxy groups -OCH3 is 2. The number of hydrogen-bond acceptors (Lipinski definition) is 5. The van der Waals surface area contributed by atoms with Crippen LogP contribution in [0.2, 0.25) is 10.2 Å². The van der Waals surface area contributed by atoms with Crippen LogP contribution >= 0.6 is 23.2 Å². The molecule has 0 fully saturated rings. The van der Waals surface area contributed by atoms with Gasteiger partial charge in [0, 0.05) is 22.3 Å². The smallest absolute Gasteiger partial charge is 0.266 e. The largest absolute Gasteiger partial charge is 0.493 e. The third-order valence-electron chi connectivity index (χ3n) is 4.40. The van der Waals surface area contributed by atoms with Crippen LogP contribution in [0.25, 0.3) is 11.8 Å². The van der Waals surface area contributed by atoms with Crippen molar-refractivity contribution in [2.24, 2.45) is 0 Å². The van der Waals surface area contributed by atoms with E-state index < -0.39 is 5.91 Å². The average molecular weight is 457 g/mol. The summed E-state index contributed by atoms with van der Waals surface area (Å²) < 4.78 is 11.9. The fourth-order valence-corrected chi connectivity index (χ4v) is 3.37. The van der Waals surface area contributed by atoms with E-state index in [0.717, 1.165) is 0 Å². The zero-order valence-corrected chi connectivity index (χ0v) is 18.5. The van der Waals surface area contributed by atoms with Gasteiger partial charge in [-0.2, -0.15) is 10.4 Å². The van der Waals surface area contributed by atoms with Gasteiger partial charge in [-0.25, -0.2) is 4.68 Å². The summed E-state index contributed by atoms with van der Waals surface area (Å²) >= 11 is 12.5. The van der Waals surface area contributed by atoms with E-state index in [1.807, 2.05) is 6.07 Å². The summed E-state index contributed by atoms with van der Waals surface area (Å²) in [6.07, 6.45) is 1.40. The molecule has 3 aromatic rings. The number of aromatic nitrogens is 2. The second kappa shape index (κ2) is 9.56. The van der Waals surface area contributed by atoms with Crippen LogP contribution in [0.3, 0.4) is 0 Å². The van der Waals surface area contributed by atoms with Crippen molar-refractivity contribution in [3.05, 3.63) is 69.5 Å². The van der Waals surface area contributed by atoms with Gasteiger partial charge in [0.2, 0.25) is 0 Å². The summed E-state index contributed by atoms with van der Waals surface area (Å²) in [4.78, 5) is 12.7. The summed E-state index contributed by atoms with van der Waals surface area (Å²) in [7, 11) is 3.01. The van der Waals surface area contributed by atoms with Crippen LogP contribution in [0.1, 0.15) is 11.3 Å². The number of carbonyl (C=O) groups is 1. The molecule has 1 amide bonds. The molecule has 0 aliphatic heterocycles. The molecule has 7 nitrogen and oxygen atoms in total. The first kappa shape index (κ1) is 22.2.